The minimum absolute atomic E-state index is 0.0595. The van der Waals surface area contributed by atoms with Gasteiger partial charge in [-0.2, -0.15) is 11.8 Å². The lowest BCUT2D eigenvalue weighted by Gasteiger charge is -2.26. The van der Waals surface area contributed by atoms with Crippen molar-refractivity contribution < 1.29 is 14.7 Å². The zero-order valence-electron chi connectivity index (χ0n) is 13.3. The van der Waals surface area contributed by atoms with Crippen LogP contribution in [0.25, 0.3) is 11.1 Å². The topological polar surface area (TPSA) is 57.6 Å². The molecule has 0 spiro atoms. The van der Waals surface area contributed by atoms with Crippen LogP contribution in [0.5, 0.6) is 5.75 Å². The monoisotopic (exact) mass is 341 g/mol. The van der Waals surface area contributed by atoms with Gasteiger partial charge in [-0.1, -0.05) is 42.5 Å². The van der Waals surface area contributed by atoms with E-state index in [1.807, 2.05) is 42.1 Å². The molecule has 0 atom stereocenters. The van der Waals surface area contributed by atoms with Crippen LogP contribution in [-0.4, -0.2) is 46.3 Å². The molecule has 1 heterocycles. The first-order chi connectivity index (χ1) is 11.7. The van der Waals surface area contributed by atoms with Crippen molar-refractivity contribution >= 4 is 23.5 Å². The summed E-state index contributed by atoms with van der Waals surface area (Å²) in [5, 5.41) is 10.5. The fraction of sp³-hybridized carbons (Fsp3) is 0.263. The predicted molar refractivity (Wildman–Crippen MR) is 96.4 cm³/mol. The van der Waals surface area contributed by atoms with Crippen LogP contribution in [0.15, 0.2) is 48.5 Å². The van der Waals surface area contributed by atoms with Crippen LogP contribution in [0, 0.1) is 0 Å². The Bertz CT molecular complexity index is 740. The summed E-state index contributed by atoms with van der Waals surface area (Å²) in [5.74, 6) is 1.26. The predicted octanol–water partition coefficient (Wildman–Crippen LogP) is 3.21. The molecule has 0 bridgehead atoms. The van der Waals surface area contributed by atoms with Gasteiger partial charge >= 0.3 is 0 Å². The number of thioether (sulfide) groups is 1. The van der Waals surface area contributed by atoms with Crippen molar-refractivity contribution in [2.24, 2.45) is 0 Å². The van der Waals surface area contributed by atoms with E-state index < -0.39 is 0 Å². The number of para-hydroxylation sites is 1. The lowest BCUT2D eigenvalue weighted by molar-refractivity contribution is -0.129. The van der Waals surface area contributed by atoms with Crippen molar-refractivity contribution in [3.63, 3.8) is 0 Å². The second-order valence-corrected chi connectivity index (χ2v) is 6.89. The molecule has 24 heavy (non-hydrogen) atoms. The molecule has 0 aliphatic carbocycles. The molecule has 1 aliphatic rings. The van der Waals surface area contributed by atoms with Gasteiger partial charge in [-0.3, -0.25) is 9.59 Å². The van der Waals surface area contributed by atoms with Crippen LogP contribution < -0.4 is 0 Å². The summed E-state index contributed by atoms with van der Waals surface area (Å²) in [4.78, 5) is 26.5. The van der Waals surface area contributed by atoms with Crippen molar-refractivity contribution in [1.29, 1.82) is 0 Å². The Morgan fingerprint density at radius 2 is 1.71 bits per heavy atom. The van der Waals surface area contributed by atoms with E-state index in [0.29, 0.717) is 18.7 Å². The number of amides is 1. The van der Waals surface area contributed by atoms with E-state index in [1.165, 1.54) is 0 Å². The normalized spacial score (nSPS) is 14.4. The number of carbonyl (C=O) groups excluding carboxylic acids is 2. The average molecular weight is 341 g/mol. The van der Waals surface area contributed by atoms with Gasteiger partial charge in [0.2, 0.25) is 5.91 Å². The molecule has 0 aromatic heterocycles. The highest BCUT2D eigenvalue weighted by molar-refractivity contribution is 7.99. The SMILES string of the molecule is O=C(CC(=O)N1CCSCC1)c1cccc(-c2ccccc2)c1O. The molecule has 1 aliphatic heterocycles. The number of carbonyl (C=O) groups is 2. The van der Waals surface area contributed by atoms with Crippen molar-refractivity contribution in [1.82, 2.24) is 4.90 Å². The number of phenolic OH excluding ortho intramolecular Hbond substituents is 1. The number of hydrogen-bond donors (Lipinski definition) is 1. The van der Waals surface area contributed by atoms with E-state index in [9.17, 15) is 14.7 Å². The number of Topliss-reactive ketones (excluding diaryl/α,β-unsaturated/α-hetero) is 1. The number of ketones is 1. The molecule has 5 heteroatoms. The van der Waals surface area contributed by atoms with E-state index in [2.05, 4.69) is 0 Å². The zero-order chi connectivity index (χ0) is 16.9. The molecule has 2 aromatic rings. The third kappa shape index (κ3) is 3.62. The number of rotatable bonds is 4. The van der Waals surface area contributed by atoms with Gasteiger partial charge in [-0.15, -0.1) is 0 Å². The second kappa shape index (κ2) is 7.53. The first-order valence-electron chi connectivity index (χ1n) is 7.93. The summed E-state index contributed by atoms with van der Waals surface area (Å²) in [6.07, 6.45) is -0.198. The summed E-state index contributed by atoms with van der Waals surface area (Å²) < 4.78 is 0. The smallest absolute Gasteiger partial charge is 0.230 e. The Morgan fingerprint density at radius 1 is 1.00 bits per heavy atom. The average Bonchev–Trinajstić information content (AvgIpc) is 2.63. The first-order valence-corrected chi connectivity index (χ1v) is 9.08. The Kier molecular flexibility index (Phi) is 5.20. The molecule has 124 valence electrons. The highest BCUT2D eigenvalue weighted by Crippen LogP contribution is 2.32. The third-order valence-corrected chi connectivity index (χ3v) is 5.04. The maximum atomic E-state index is 12.5. The van der Waals surface area contributed by atoms with Crippen molar-refractivity contribution in [3.8, 4) is 16.9 Å². The quantitative estimate of drug-likeness (QED) is 0.685. The van der Waals surface area contributed by atoms with Gasteiger partial charge in [0.15, 0.2) is 5.78 Å². The molecular weight excluding hydrogens is 322 g/mol. The maximum Gasteiger partial charge on any atom is 0.230 e. The summed E-state index contributed by atoms with van der Waals surface area (Å²) in [5.41, 5.74) is 1.64. The Labute approximate surface area is 145 Å². The van der Waals surface area contributed by atoms with E-state index in [-0.39, 0.29) is 29.4 Å². The van der Waals surface area contributed by atoms with Gasteiger partial charge in [-0.25, -0.2) is 0 Å². The minimum atomic E-state index is -0.339. The molecule has 1 fully saturated rings. The fourth-order valence-electron chi connectivity index (χ4n) is 2.78. The number of hydrogen-bond acceptors (Lipinski definition) is 4. The van der Waals surface area contributed by atoms with Crippen molar-refractivity contribution in [3.05, 3.63) is 54.1 Å². The van der Waals surface area contributed by atoms with Gasteiger partial charge in [0.1, 0.15) is 5.75 Å². The molecule has 1 amide bonds. The van der Waals surface area contributed by atoms with Crippen LogP contribution in [0.3, 0.4) is 0 Å². The summed E-state index contributed by atoms with van der Waals surface area (Å²) in [6.45, 7) is 1.37. The van der Waals surface area contributed by atoms with E-state index in [1.54, 1.807) is 23.1 Å². The van der Waals surface area contributed by atoms with Crippen LogP contribution >= 0.6 is 11.8 Å². The maximum absolute atomic E-state index is 12.5. The van der Waals surface area contributed by atoms with Gasteiger partial charge in [0.05, 0.1) is 12.0 Å². The molecule has 3 rings (SSSR count). The largest absolute Gasteiger partial charge is 0.507 e. The third-order valence-electron chi connectivity index (χ3n) is 4.10. The minimum Gasteiger partial charge on any atom is -0.507 e. The zero-order valence-corrected chi connectivity index (χ0v) is 14.1. The molecule has 2 aromatic carbocycles. The lowest BCUT2D eigenvalue weighted by Crippen LogP contribution is -2.38. The van der Waals surface area contributed by atoms with E-state index in [0.717, 1.165) is 17.1 Å². The number of aromatic hydroxyl groups is 1. The molecular formula is C19H19NO3S. The number of phenols is 1. The van der Waals surface area contributed by atoms with Crippen molar-refractivity contribution in [2.75, 3.05) is 24.6 Å². The molecule has 0 unspecified atom stereocenters. The molecule has 1 N–H and O–H groups in total. The Morgan fingerprint density at radius 3 is 2.42 bits per heavy atom. The van der Waals surface area contributed by atoms with Gasteiger partial charge in [0, 0.05) is 30.2 Å². The first kappa shape index (κ1) is 16.6. The standard InChI is InChI=1S/C19H19NO3S/c21-17(13-18(22)20-9-11-24-12-10-20)16-8-4-7-15(19(16)23)14-5-2-1-3-6-14/h1-8,23H,9-13H2. The molecule has 4 nitrogen and oxygen atoms in total. The Hall–Kier alpha value is -2.27. The van der Waals surface area contributed by atoms with Gasteiger partial charge < -0.3 is 10.0 Å². The van der Waals surface area contributed by atoms with Crippen molar-refractivity contribution in [2.45, 2.75) is 6.42 Å². The van der Waals surface area contributed by atoms with Gasteiger partial charge in [0.25, 0.3) is 0 Å². The Balaban J connectivity index is 1.79. The second-order valence-electron chi connectivity index (χ2n) is 5.66. The summed E-state index contributed by atoms with van der Waals surface area (Å²) >= 11 is 1.81. The highest BCUT2D eigenvalue weighted by atomic mass is 32.2. The highest BCUT2D eigenvalue weighted by Gasteiger charge is 2.22. The molecule has 0 radical (unpaired) electrons. The lowest BCUT2D eigenvalue weighted by atomic mass is 9.98. The van der Waals surface area contributed by atoms with Crippen LogP contribution in [0.4, 0.5) is 0 Å². The number of nitrogens with zero attached hydrogens (tertiary/aromatic N) is 1. The number of benzene rings is 2. The molecule has 1 saturated heterocycles. The van der Waals surface area contributed by atoms with Gasteiger partial charge in [-0.05, 0) is 11.6 Å². The summed E-state index contributed by atoms with van der Waals surface area (Å²) in [7, 11) is 0. The van der Waals surface area contributed by atoms with Crippen LogP contribution in [-0.2, 0) is 4.79 Å². The molecule has 0 saturated carbocycles. The van der Waals surface area contributed by atoms with E-state index in [4.69, 9.17) is 0 Å². The fourth-order valence-corrected chi connectivity index (χ4v) is 3.68. The van der Waals surface area contributed by atoms with E-state index >= 15 is 0 Å². The van der Waals surface area contributed by atoms with Crippen LogP contribution in [0.1, 0.15) is 16.8 Å². The summed E-state index contributed by atoms with van der Waals surface area (Å²) in [6, 6.07) is 14.5. The van der Waals surface area contributed by atoms with Crippen LogP contribution in [0.2, 0.25) is 0 Å².